The normalized spacial score (nSPS) is 20.8. The maximum Gasteiger partial charge on any atom is 0.243 e. The third kappa shape index (κ3) is 3.38. The van der Waals surface area contributed by atoms with Gasteiger partial charge in [0.2, 0.25) is 10.0 Å². The fourth-order valence-electron chi connectivity index (χ4n) is 2.56. The van der Waals surface area contributed by atoms with E-state index in [1.54, 1.807) is 16.4 Å². The van der Waals surface area contributed by atoms with Crippen LogP contribution in [0.2, 0.25) is 0 Å². The van der Waals surface area contributed by atoms with Crippen LogP contribution in [0.3, 0.4) is 0 Å². The molecular weight excluding hydrogens is 326 g/mol. The molecule has 106 valence electrons. The van der Waals surface area contributed by atoms with E-state index in [4.69, 9.17) is 0 Å². The van der Waals surface area contributed by atoms with E-state index in [9.17, 15) is 8.42 Å². The molecule has 1 atom stereocenters. The molecule has 0 aromatic heterocycles. The number of sulfonamides is 1. The number of nitrogens with zero attached hydrogens (tertiary/aromatic N) is 1. The molecule has 2 rings (SSSR count). The van der Waals surface area contributed by atoms with Gasteiger partial charge in [-0.25, -0.2) is 8.42 Å². The minimum atomic E-state index is -3.30. The number of hydrogen-bond donors (Lipinski definition) is 0. The number of hydrogen-bond acceptors (Lipinski definition) is 2. The molecule has 1 aliphatic heterocycles. The minimum absolute atomic E-state index is 0.411. The Morgan fingerprint density at radius 3 is 2.58 bits per heavy atom. The van der Waals surface area contributed by atoms with Crippen LogP contribution < -0.4 is 0 Å². The molecule has 0 saturated carbocycles. The second-order valence-electron chi connectivity index (χ2n) is 5.08. The molecule has 1 unspecified atom stereocenters. The van der Waals surface area contributed by atoms with E-state index in [-0.39, 0.29) is 0 Å². The maximum atomic E-state index is 12.5. The van der Waals surface area contributed by atoms with Gasteiger partial charge >= 0.3 is 0 Å². The monoisotopic (exact) mass is 345 g/mol. The summed E-state index contributed by atoms with van der Waals surface area (Å²) in [5.74, 6) is 0.529. The summed E-state index contributed by atoms with van der Waals surface area (Å²) in [4.78, 5) is 0.411. The molecule has 0 spiro atoms. The molecule has 0 amide bonds. The van der Waals surface area contributed by atoms with E-state index < -0.39 is 10.0 Å². The average Bonchev–Trinajstić information content (AvgIpc) is 2.89. The Hall–Kier alpha value is -0.390. The van der Waals surface area contributed by atoms with Gasteiger partial charge in [-0.15, -0.1) is 0 Å². The minimum Gasteiger partial charge on any atom is -0.207 e. The van der Waals surface area contributed by atoms with Crippen LogP contribution in [-0.4, -0.2) is 25.8 Å². The molecule has 0 N–H and O–H groups in total. The van der Waals surface area contributed by atoms with Crippen molar-refractivity contribution in [2.24, 2.45) is 5.92 Å². The van der Waals surface area contributed by atoms with Crippen molar-refractivity contribution in [1.29, 1.82) is 0 Å². The van der Waals surface area contributed by atoms with Crippen molar-refractivity contribution in [2.45, 2.75) is 36.4 Å². The number of alkyl halides is 1. The number of rotatable bonds is 5. The van der Waals surface area contributed by atoms with Crippen LogP contribution in [0.4, 0.5) is 0 Å². The molecular formula is C14H20BrNO2S. The zero-order valence-electron chi connectivity index (χ0n) is 11.2. The highest BCUT2D eigenvalue weighted by Gasteiger charge is 2.31. The van der Waals surface area contributed by atoms with E-state index in [1.807, 2.05) is 12.1 Å². The summed E-state index contributed by atoms with van der Waals surface area (Å²) in [6.45, 7) is 3.49. The quantitative estimate of drug-likeness (QED) is 0.767. The van der Waals surface area contributed by atoms with E-state index in [1.165, 1.54) is 0 Å². The topological polar surface area (TPSA) is 37.4 Å². The fourth-order valence-corrected chi connectivity index (χ4v) is 4.46. The lowest BCUT2D eigenvalue weighted by molar-refractivity contribution is 0.444. The van der Waals surface area contributed by atoms with E-state index in [0.717, 1.165) is 30.2 Å². The first kappa shape index (κ1) is 15.0. The molecule has 0 bridgehead atoms. The van der Waals surface area contributed by atoms with Gasteiger partial charge in [0.1, 0.15) is 0 Å². The molecule has 1 aliphatic rings. The molecule has 3 nitrogen and oxygen atoms in total. The highest BCUT2D eigenvalue weighted by Crippen LogP contribution is 2.27. The van der Waals surface area contributed by atoms with Gasteiger partial charge in [0.15, 0.2) is 0 Å². The summed E-state index contributed by atoms with van der Waals surface area (Å²) in [6, 6.07) is 7.14. The fraction of sp³-hybridized carbons (Fsp3) is 0.571. The average molecular weight is 346 g/mol. The van der Waals surface area contributed by atoms with Crippen LogP contribution in [0.25, 0.3) is 0 Å². The van der Waals surface area contributed by atoms with Crippen molar-refractivity contribution in [1.82, 2.24) is 4.31 Å². The Bertz CT molecular complexity index is 513. The largest absolute Gasteiger partial charge is 0.243 e. The third-order valence-corrected chi connectivity index (χ3v) is 6.19. The van der Waals surface area contributed by atoms with Crippen LogP contribution in [-0.2, 0) is 15.4 Å². The van der Waals surface area contributed by atoms with Crippen molar-refractivity contribution in [3.63, 3.8) is 0 Å². The van der Waals surface area contributed by atoms with Crippen molar-refractivity contribution < 1.29 is 8.42 Å². The Balaban J connectivity index is 2.13. The van der Waals surface area contributed by atoms with Gasteiger partial charge in [-0.3, -0.25) is 0 Å². The van der Waals surface area contributed by atoms with Crippen molar-refractivity contribution in [2.75, 3.05) is 13.1 Å². The Labute approximate surface area is 124 Å². The van der Waals surface area contributed by atoms with Gasteiger partial charge in [-0.05, 0) is 36.5 Å². The lowest BCUT2D eigenvalue weighted by atomic mass is 10.0. The molecule has 1 heterocycles. The van der Waals surface area contributed by atoms with Crippen LogP contribution in [0, 0.1) is 5.92 Å². The predicted octanol–water partition coefficient (Wildman–Crippen LogP) is 3.39. The van der Waals surface area contributed by atoms with Gasteiger partial charge in [-0.2, -0.15) is 4.31 Å². The summed E-state index contributed by atoms with van der Waals surface area (Å²) in [5, 5.41) is 0.746. The Kier molecular flexibility index (Phi) is 5.03. The summed E-state index contributed by atoms with van der Waals surface area (Å²) in [5.41, 5.74) is 1.09. The molecule has 1 aromatic carbocycles. The van der Waals surface area contributed by atoms with Gasteiger partial charge in [0, 0.05) is 18.4 Å². The molecule has 0 aliphatic carbocycles. The Morgan fingerprint density at radius 2 is 2.00 bits per heavy atom. The molecule has 0 radical (unpaired) electrons. The maximum absolute atomic E-state index is 12.5. The highest BCUT2D eigenvalue weighted by molar-refractivity contribution is 9.08. The van der Waals surface area contributed by atoms with Crippen molar-refractivity contribution in [3.05, 3.63) is 29.8 Å². The Morgan fingerprint density at radius 1 is 1.32 bits per heavy atom. The van der Waals surface area contributed by atoms with Gasteiger partial charge in [0.05, 0.1) is 4.90 Å². The standard InChI is InChI=1S/C14H20BrNO2S/c1-2-3-13-8-9-16(11-13)19(17,18)14-6-4-12(10-15)5-7-14/h4-7,13H,2-3,8-11H2,1H3. The zero-order chi connectivity index (χ0) is 13.9. The summed E-state index contributed by atoms with van der Waals surface area (Å²) < 4.78 is 26.6. The van der Waals surface area contributed by atoms with Crippen molar-refractivity contribution >= 4 is 26.0 Å². The second-order valence-corrected chi connectivity index (χ2v) is 7.58. The van der Waals surface area contributed by atoms with E-state index in [0.29, 0.717) is 23.9 Å². The second kappa shape index (κ2) is 6.37. The summed E-state index contributed by atoms with van der Waals surface area (Å²) in [7, 11) is -3.30. The first-order valence-electron chi connectivity index (χ1n) is 6.73. The smallest absolute Gasteiger partial charge is 0.207 e. The highest BCUT2D eigenvalue weighted by atomic mass is 79.9. The van der Waals surface area contributed by atoms with Gasteiger partial charge < -0.3 is 0 Å². The van der Waals surface area contributed by atoms with Gasteiger partial charge in [-0.1, -0.05) is 41.4 Å². The lowest BCUT2D eigenvalue weighted by Gasteiger charge is -2.16. The lowest BCUT2D eigenvalue weighted by Crippen LogP contribution is -2.28. The zero-order valence-corrected chi connectivity index (χ0v) is 13.6. The third-order valence-electron chi connectivity index (χ3n) is 3.66. The molecule has 1 fully saturated rings. The number of benzene rings is 1. The van der Waals surface area contributed by atoms with E-state index in [2.05, 4.69) is 22.9 Å². The first-order valence-corrected chi connectivity index (χ1v) is 9.29. The van der Waals surface area contributed by atoms with Gasteiger partial charge in [0.25, 0.3) is 0 Å². The SMILES string of the molecule is CCCC1CCN(S(=O)(=O)c2ccc(CBr)cc2)C1. The van der Waals surface area contributed by atoms with Crippen LogP contribution in [0.1, 0.15) is 31.7 Å². The summed E-state index contributed by atoms with van der Waals surface area (Å²) in [6.07, 6.45) is 3.24. The van der Waals surface area contributed by atoms with E-state index >= 15 is 0 Å². The molecule has 1 aromatic rings. The molecule has 5 heteroatoms. The molecule has 1 saturated heterocycles. The predicted molar refractivity (Wildman–Crippen MR) is 80.8 cm³/mol. The first-order chi connectivity index (χ1) is 9.07. The summed E-state index contributed by atoms with van der Waals surface area (Å²) >= 11 is 3.36. The van der Waals surface area contributed by atoms with Crippen LogP contribution >= 0.6 is 15.9 Å². The molecule has 19 heavy (non-hydrogen) atoms. The van der Waals surface area contributed by atoms with Crippen LogP contribution in [0.5, 0.6) is 0 Å². The van der Waals surface area contributed by atoms with Crippen LogP contribution in [0.15, 0.2) is 29.2 Å². The van der Waals surface area contributed by atoms with Crippen molar-refractivity contribution in [3.8, 4) is 0 Å². The number of halogens is 1.